The van der Waals surface area contributed by atoms with E-state index in [0.717, 1.165) is 41.1 Å². The molecule has 124 valence electrons. The van der Waals surface area contributed by atoms with Crippen LogP contribution in [-0.4, -0.2) is 28.5 Å². The Hall–Kier alpha value is -2.34. The van der Waals surface area contributed by atoms with Crippen LogP contribution in [0.5, 0.6) is 0 Å². The number of fused-ring (bicyclic) bond motifs is 1. The number of aliphatic hydroxyl groups is 1. The van der Waals surface area contributed by atoms with Gasteiger partial charge in [0.2, 0.25) is 0 Å². The smallest absolute Gasteiger partial charge is 0.150 e. The van der Waals surface area contributed by atoms with Crippen molar-refractivity contribution in [2.75, 3.05) is 7.11 Å². The van der Waals surface area contributed by atoms with E-state index in [-0.39, 0.29) is 0 Å². The van der Waals surface area contributed by atoms with Gasteiger partial charge in [-0.3, -0.25) is 14.8 Å². The van der Waals surface area contributed by atoms with Crippen LogP contribution in [-0.2, 0) is 13.0 Å². The average molecular weight is 344 g/mol. The van der Waals surface area contributed by atoms with E-state index in [9.17, 15) is 4.79 Å². The minimum atomic E-state index is 0.404. The summed E-state index contributed by atoms with van der Waals surface area (Å²) in [5.41, 5.74) is 10.2. The van der Waals surface area contributed by atoms with E-state index in [4.69, 9.17) is 22.4 Å². The average Bonchev–Trinajstić information content (AvgIpc) is 2.62. The van der Waals surface area contributed by atoms with Gasteiger partial charge in [-0.25, -0.2) is 0 Å². The van der Waals surface area contributed by atoms with Gasteiger partial charge in [0.25, 0.3) is 0 Å². The lowest BCUT2D eigenvalue weighted by molar-refractivity contribution is 0.112. The van der Waals surface area contributed by atoms with Crippen LogP contribution < -0.4 is 5.73 Å². The van der Waals surface area contributed by atoms with Crippen molar-refractivity contribution >= 4 is 28.8 Å². The number of rotatable bonds is 4. The predicted octanol–water partition coefficient (Wildman–Crippen LogP) is 2.75. The third kappa shape index (κ3) is 4.14. The summed E-state index contributed by atoms with van der Waals surface area (Å²) in [6.07, 6.45) is 4.71. The lowest BCUT2D eigenvalue weighted by Gasteiger charge is -2.09. The van der Waals surface area contributed by atoms with Crippen LogP contribution in [0.4, 0.5) is 0 Å². The molecule has 1 aromatic carbocycles. The molecule has 3 N–H and O–H groups in total. The van der Waals surface area contributed by atoms with Crippen LogP contribution >= 0.6 is 11.6 Å². The lowest BCUT2D eigenvalue weighted by Crippen LogP contribution is -2.01. The second-order valence-corrected chi connectivity index (χ2v) is 5.50. The highest BCUT2D eigenvalue weighted by atomic mass is 35.5. The van der Waals surface area contributed by atoms with Crippen molar-refractivity contribution in [1.82, 2.24) is 9.97 Å². The molecule has 0 aliphatic carbocycles. The maximum Gasteiger partial charge on any atom is 0.150 e. The first-order valence-corrected chi connectivity index (χ1v) is 7.69. The SMILES string of the molecule is CO.NCc1cc(Cc2cc(C=O)ccn2)cc2cc(Cl)cnc12. The zero-order valence-electron chi connectivity index (χ0n) is 13.2. The predicted molar refractivity (Wildman–Crippen MR) is 95.2 cm³/mol. The number of nitrogens with zero attached hydrogens (tertiary/aromatic N) is 2. The molecule has 0 saturated heterocycles. The highest BCUT2D eigenvalue weighted by Gasteiger charge is 2.07. The third-order valence-electron chi connectivity index (χ3n) is 3.47. The number of pyridine rings is 2. The van der Waals surface area contributed by atoms with Crippen LogP contribution in [0.15, 0.2) is 42.7 Å². The van der Waals surface area contributed by atoms with Gasteiger partial charge < -0.3 is 10.8 Å². The molecule has 0 atom stereocenters. The van der Waals surface area contributed by atoms with Gasteiger partial charge in [-0.05, 0) is 35.4 Å². The van der Waals surface area contributed by atoms with Crippen molar-refractivity contribution in [1.29, 1.82) is 0 Å². The van der Waals surface area contributed by atoms with E-state index in [1.54, 1.807) is 24.5 Å². The summed E-state index contributed by atoms with van der Waals surface area (Å²) in [6, 6.07) is 9.41. The van der Waals surface area contributed by atoms with E-state index in [2.05, 4.69) is 9.97 Å². The standard InChI is InChI=1S/C17H14ClN3O.CH4O/c18-15-7-13-3-12(4-14(8-19)17(13)21-9-15)6-16-5-11(10-22)1-2-20-16;1-2/h1-5,7,9-10H,6,8,19H2;2H,1H3. The van der Waals surface area contributed by atoms with Crippen LogP contribution in [0.2, 0.25) is 5.02 Å². The van der Waals surface area contributed by atoms with Gasteiger partial charge in [-0.2, -0.15) is 0 Å². The molecule has 5 nitrogen and oxygen atoms in total. The van der Waals surface area contributed by atoms with Gasteiger partial charge in [-0.1, -0.05) is 17.7 Å². The Morgan fingerprint density at radius 2 is 2.00 bits per heavy atom. The maximum atomic E-state index is 10.9. The number of hydrogen-bond donors (Lipinski definition) is 2. The molecule has 0 spiro atoms. The number of aromatic nitrogens is 2. The molecule has 0 saturated carbocycles. The van der Waals surface area contributed by atoms with Crippen molar-refractivity contribution in [2.24, 2.45) is 5.73 Å². The minimum Gasteiger partial charge on any atom is -0.400 e. The molecule has 0 bridgehead atoms. The molecule has 0 aliphatic rings. The molecule has 0 aliphatic heterocycles. The number of hydrogen-bond acceptors (Lipinski definition) is 5. The van der Waals surface area contributed by atoms with Crippen molar-refractivity contribution < 1.29 is 9.90 Å². The number of benzene rings is 1. The number of nitrogens with two attached hydrogens (primary N) is 1. The Labute approximate surface area is 145 Å². The van der Waals surface area contributed by atoms with E-state index < -0.39 is 0 Å². The quantitative estimate of drug-likeness (QED) is 0.711. The van der Waals surface area contributed by atoms with Gasteiger partial charge in [0.05, 0.1) is 10.5 Å². The van der Waals surface area contributed by atoms with Crippen molar-refractivity contribution in [3.63, 3.8) is 0 Å². The summed E-state index contributed by atoms with van der Waals surface area (Å²) in [5, 5.41) is 8.55. The number of carbonyl (C=O) groups is 1. The Morgan fingerprint density at radius 3 is 2.71 bits per heavy atom. The minimum absolute atomic E-state index is 0.404. The van der Waals surface area contributed by atoms with Gasteiger partial charge >= 0.3 is 0 Å². The fourth-order valence-corrected chi connectivity index (χ4v) is 2.67. The molecule has 3 rings (SSSR count). The van der Waals surface area contributed by atoms with Gasteiger partial charge in [0.15, 0.2) is 0 Å². The summed E-state index contributed by atoms with van der Waals surface area (Å²) in [6.45, 7) is 0.404. The molecule has 0 unspecified atom stereocenters. The number of carbonyl (C=O) groups excluding carboxylic acids is 1. The molecule has 0 radical (unpaired) electrons. The van der Waals surface area contributed by atoms with Crippen molar-refractivity contribution in [3.8, 4) is 0 Å². The first kappa shape index (κ1) is 18.0. The number of aldehydes is 1. The zero-order valence-corrected chi connectivity index (χ0v) is 14.0. The highest BCUT2D eigenvalue weighted by molar-refractivity contribution is 6.31. The third-order valence-corrected chi connectivity index (χ3v) is 3.68. The maximum absolute atomic E-state index is 10.9. The first-order chi connectivity index (χ1) is 11.7. The molecular weight excluding hydrogens is 326 g/mol. The first-order valence-electron chi connectivity index (χ1n) is 7.31. The van der Waals surface area contributed by atoms with E-state index in [1.807, 2.05) is 18.2 Å². The van der Waals surface area contributed by atoms with Crippen LogP contribution in [0.25, 0.3) is 10.9 Å². The summed E-state index contributed by atoms with van der Waals surface area (Å²) in [7, 11) is 1.00. The number of halogens is 1. The van der Waals surface area contributed by atoms with Crippen molar-refractivity contribution in [2.45, 2.75) is 13.0 Å². The Balaban J connectivity index is 0.00000100. The molecule has 0 fully saturated rings. The Kier molecular flexibility index (Phi) is 6.37. The molecule has 2 heterocycles. The van der Waals surface area contributed by atoms with Gasteiger partial charge in [-0.15, -0.1) is 0 Å². The molecule has 3 aromatic rings. The topological polar surface area (TPSA) is 89.1 Å². The van der Waals surface area contributed by atoms with Crippen LogP contribution in [0.1, 0.15) is 27.2 Å². The Bertz CT molecular complexity index is 853. The zero-order chi connectivity index (χ0) is 17.5. The summed E-state index contributed by atoms with van der Waals surface area (Å²) >= 11 is 6.02. The van der Waals surface area contributed by atoms with Gasteiger partial charge in [0.1, 0.15) is 6.29 Å². The largest absolute Gasteiger partial charge is 0.400 e. The summed E-state index contributed by atoms with van der Waals surface area (Å²) in [5.74, 6) is 0. The normalized spacial score (nSPS) is 10.2. The molecule has 0 amide bonds. The summed E-state index contributed by atoms with van der Waals surface area (Å²) < 4.78 is 0. The summed E-state index contributed by atoms with van der Waals surface area (Å²) in [4.78, 5) is 19.5. The second-order valence-electron chi connectivity index (χ2n) is 5.06. The fraction of sp³-hybridized carbons (Fsp3) is 0.167. The fourth-order valence-electron chi connectivity index (χ4n) is 2.50. The van der Waals surface area contributed by atoms with Crippen molar-refractivity contribution in [3.05, 3.63) is 70.1 Å². The lowest BCUT2D eigenvalue weighted by atomic mass is 10.0. The Morgan fingerprint density at radius 1 is 1.21 bits per heavy atom. The van der Waals surface area contributed by atoms with Crippen LogP contribution in [0.3, 0.4) is 0 Å². The van der Waals surface area contributed by atoms with E-state index >= 15 is 0 Å². The highest BCUT2D eigenvalue weighted by Crippen LogP contribution is 2.23. The van der Waals surface area contributed by atoms with E-state index in [1.165, 1.54) is 0 Å². The molecule has 24 heavy (non-hydrogen) atoms. The number of aliphatic hydroxyl groups excluding tert-OH is 1. The molecule has 6 heteroatoms. The monoisotopic (exact) mass is 343 g/mol. The van der Waals surface area contributed by atoms with Gasteiger partial charge in [0, 0.05) is 49.1 Å². The van der Waals surface area contributed by atoms with Crippen LogP contribution in [0, 0.1) is 0 Å². The second kappa shape index (κ2) is 8.49. The van der Waals surface area contributed by atoms with E-state index in [0.29, 0.717) is 23.6 Å². The molecule has 2 aromatic heterocycles. The molecular formula is C18H18ClN3O2.